The van der Waals surface area contributed by atoms with E-state index in [0.29, 0.717) is 33.3 Å². The Morgan fingerprint density at radius 1 is 1.17 bits per heavy atom. The summed E-state index contributed by atoms with van der Waals surface area (Å²) in [6.07, 6.45) is 2.89. The summed E-state index contributed by atoms with van der Waals surface area (Å²) in [6, 6.07) is 5.46. The fourth-order valence-electron chi connectivity index (χ4n) is 1.61. The molecule has 0 radical (unpaired) electrons. The van der Waals surface area contributed by atoms with Gasteiger partial charge in [-0.25, -0.2) is 9.97 Å². The van der Waals surface area contributed by atoms with Gasteiger partial charge in [-0.05, 0) is 46.5 Å². The first-order valence-electron chi connectivity index (χ1n) is 5.27. The van der Waals surface area contributed by atoms with E-state index in [9.17, 15) is 0 Å². The molecule has 94 valence electrons. The van der Waals surface area contributed by atoms with Gasteiger partial charge in [0.05, 0.1) is 11.9 Å². The molecule has 1 heterocycles. The summed E-state index contributed by atoms with van der Waals surface area (Å²) in [6.45, 7) is 0. The van der Waals surface area contributed by atoms with Gasteiger partial charge in [0.1, 0.15) is 10.4 Å². The van der Waals surface area contributed by atoms with Gasteiger partial charge in [-0.15, -0.1) is 0 Å². The van der Waals surface area contributed by atoms with Crippen LogP contribution in [-0.4, -0.2) is 9.97 Å². The Labute approximate surface area is 123 Å². The summed E-state index contributed by atoms with van der Waals surface area (Å²) >= 11 is 15.5. The van der Waals surface area contributed by atoms with Crippen molar-refractivity contribution >= 4 is 44.9 Å². The minimum Gasteiger partial charge on any atom is -0.382 e. The van der Waals surface area contributed by atoms with Crippen LogP contribution in [0.15, 0.2) is 29.0 Å². The fourth-order valence-corrected chi connectivity index (χ4v) is 2.51. The minimum absolute atomic E-state index is 0.432. The van der Waals surface area contributed by atoms with Gasteiger partial charge in [0.2, 0.25) is 0 Å². The van der Waals surface area contributed by atoms with E-state index in [1.54, 1.807) is 6.20 Å². The molecule has 0 aliphatic rings. The Balaban J connectivity index is 2.19. The highest BCUT2D eigenvalue weighted by Crippen LogP contribution is 2.26. The summed E-state index contributed by atoms with van der Waals surface area (Å²) in [4.78, 5) is 8.33. The van der Waals surface area contributed by atoms with E-state index in [-0.39, 0.29) is 0 Å². The maximum atomic E-state index is 6.11. The Kier molecular flexibility index (Phi) is 4.43. The van der Waals surface area contributed by atoms with E-state index in [1.807, 2.05) is 18.2 Å². The van der Waals surface area contributed by atoms with Gasteiger partial charge in [0.15, 0.2) is 0 Å². The number of benzene rings is 1. The summed E-state index contributed by atoms with van der Waals surface area (Å²) in [7, 11) is 0. The van der Waals surface area contributed by atoms with Gasteiger partial charge in [-0.1, -0.05) is 29.3 Å². The average Bonchev–Trinajstić information content (AvgIpc) is 2.33. The number of nitrogens with two attached hydrogens (primary N) is 1. The highest BCUT2D eigenvalue weighted by molar-refractivity contribution is 9.10. The van der Waals surface area contributed by atoms with Crippen molar-refractivity contribution < 1.29 is 0 Å². The third-order valence-electron chi connectivity index (χ3n) is 2.52. The summed E-state index contributed by atoms with van der Waals surface area (Å²) in [5.41, 5.74) is 7.41. The Hall–Kier alpha value is -0.840. The number of aryl methyl sites for hydroxylation is 1. The zero-order valence-corrected chi connectivity index (χ0v) is 12.4. The molecule has 2 N–H and O–H groups in total. The smallest absolute Gasteiger partial charge is 0.145 e. The van der Waals surface area contributed by atoms with Crippen molar-refractivity contribution in [3.05, 3.63) is 50.3 Å². The first-order chi connectivity index (χ1) is 8.58. The van der Waals surface area contributed by atoms with Gasteiger partial charge >= 0.3 is 0 Å². The lowest BCUT2D eigenvalue weighted by molar-refractivity contribution is 0.898. The van der Waals surface area contributed by atoms with Crippen LogP contribution in [0.1, 0.15) is 11.3 Å². The standard InChI is InChI=1S/C12H10BrCl2N3/c13-11-6-17-12(16)10(18-11)5-4-7-8(14)2-1-3-9(7)15/h1-3,6H,4-5H2,(H2,16,17). The molecule has 18 heavy (non-hydrogen) atoms. The van der Waals surface area contributed by atoms with Crippen molar-refractivity contribution in [1.29, 1.82) is 0 Å². The molecule has 0 saturated heterocycles. The van der Waals surface area contributed by atoms with Crippen molar-refractivity contribution in [1.82, 2.24) is 9.97 Å². The normalized spacial score (nSPS) is 10.6. The van der Waals surface area contributed by atoms with Crippen LogP contribution in [0.3, 0.4) is 0 Å². The van der Waals surface area contributed by atoms with E-state index < -0.39 is 0 Å². The Morgan fingerprint density at radius 3 is 2.50 bits per heavy atom. The lowest BCUT2D eigenvalue weighted by atomic mass is 10.1. The third-order valence-corrected chi connectivity index (χ3v) is 3.61. The third kappa shape index (κ3) is 3.13. The number of nitrogen functional groups attached to an aromatic ring is 1. The van der Waals surface area contributed by atoms with Gasteiger partial charge in [0, 0.05) is 10.0 Å². The largest absolute Gasteiger partial charge is 0.382 e. The Bertz CT molecular complexity index is 555. The van der Waals surface area contributed by atoms with Gasteiger partial charge in [-0.2, -0.15) is 0 Å². The van der Waals surface area contributed by atoms with Crippen molar-refractivity contribution in [2.45, 2.75) is 12.8 Å². The second-order valence-corrected chi connectivity index (χ2v) is 5.35. The summed E-state index contributed by atoms with van der Waals surface area (Å²) in [5.74, 6) is 0.432. The predicted octanol–water partition coefficient (Wildman–Crippen LogP) is 3.91. The molecule has 0 fully saturated rings. The highest BCUT2D eigenvalue weighted by Gasteiger charge is 2.09. The maximum Gasteiger partial charge on any atom is 0.145 e. The summed E-state index contributed by atoms with van der Waals surface area (Å²) in [5, 5.41) is 1.31. The van der Waals surface area contributed by atoms with Crippen LogP contribution >= 0.6 is 39.1 Å². The van der Waals surface area contributed by atoms with Crippen LogP contribution in [0.5, 0.6) is 0 Å². The lowest BCUT2D eigenvalue weighted by Crippen LogP contribution is -2.03. The number of hydrogen-bond donors (Lipinski definition) is 1. The van der Waals surface area contributed by atoms with E-state index in [0.717, 1.165) is 11.3 Å². The maximum absolute atomic E-state index is 6.11. The molecule has 1 aromatic heterocycles. The quantitative estimate of drug-likeness (QED) is 0.916. The molecular weight excluding hydrogens is 337 g/mol. The molecular formula is C12H10BrCl2N3. The number of anilines is 1. The van der Waals surface area contributed by atoms with Gasteiger partial charge in [-0.3, -0.25) is 0 Å². The van der Waals surface area contributed by atoms with Crippen molar-refractivity contribution in [3.63, 3.8) is 0 Å². The molecule has 0 atom stereocenters. The van der Waals surface area contributed by atoms with Crippen LogP contribution in [0.4, 0.5) is 5.82 Å². The molecule has 0 bridgehead atoms. The number of nitrogens with zero attached hydrogens (tertiary/aromatic N) is 2. The highest BCUT2D eigenvalue weighted by atomic mass is 79.9. The molecule has 0 unspecified atom stereocenters. The lowest BCUT2D eigenvalue weighted by Gasteiger charge is -2.07. The topological polar surface area (TPSA) is 51.8 Å². The van der Waals surface area contributed by atoms with Crippen molar-refractivity contribution in [3.8, 4) is 0 Å². The molecule has 3 nitrogen and oxygen atoms in total. The number of hydrogen-bond acceptors (Lipinski definition) is 3. The first kappa shape index (κ1) is 13.6. The zero-order valence-electron chi connectivity index (χ0n) is 9.33. The van der Waals surface area contributed by atoms with Gasteiger partial charge in [0.25, 0.3) is 0 Å². The number of halogens is 3. The first-order valence-corrected chi connectivity index (χ1v) is 6.82. The van der Waals surface area contributed by atoms with E-state index in [4.69, 9.17) is 28.9 Å². The molecule has 0 spiro atoms. The van der Waals surface area contributed by atoms with E-state index in [2.05, 4.69) is 25.9 Å². The molecule has 0 aliphatic heterocycles. The van der Waals surface area contributed by atoms with Crippen molar-refractivity contribution in [2.75, 3.05) is 5.73 Å². The second-order valence-electron chi connectivity index (χ2n) is 3.72. The molecule has 2 rings (SSSR count). The molecule has 2 aromatic rings. The average molecular weight is 347 g/mol. The van der Waals surface area contributed by atoms with Crippen LogP contribution in [0, 0.1) is 0 Å². The Morgan fingerprint density at radius 2 is 1.83 bits per heavy atom. The van der Waals surface area contributed by atoms with Gasteiger partial charge < -0.3 is 5.73 Å². The number of aromatic nitrogens is 2. The van der Waals surface area contributed by atoms with Crippen LogP contribution < -0.4 is 5.73 Å². The van der Waals surface area contributed by atoms with Crippen LogP contribution in [-0.2, 0) is 12.8 Å². The van der Waals surface area contributed by atoms with E-state index in [1.165, 1.54) is 0 Å². The van der Waals surface area contributed by atoms with Crippen molar-refractivity contribution in [2.24, 2.45) is 0 Å². The molecule has 0 aliphatic carbocycles. The van der Waals surface area contributed by atoms with Crippen LogP contribution in [0.2, 0.25) is 10.0 Å². The second kappa shape index (κ2) is 5.87. The molecule has 6 heteroatoms. The molecule has 1 aromatic carbocycles. The van der Waals surface area contributed by atoms with Crippen LogP contribution in [0.25, 0.3) is 0 Å². The monoisotopic (exact) mass is 345 g/mol. The predicted molar refractivity (Wildman–Crippen MR) is 78.0 cm³/mol. The van der Waals surface area contributed by atoms with E-state index >= 15 is 0 Å². The molecule has 0 amide bonds. The zero-order chi connectivity index (χ0) is 13.1. The number of rotatable bonds is 3. The SMILES string of the molecule is Nc1ncc(Br)nc1CCc1c(Cl)cccc1Cl. The summed E-state index contributed by atoms with van der Waals surface area (Å²) < 4.78 is 0.664. The molecule has 0 saturated carbocycles. The minimum atomic E-state index is 0.432. The fraction of sp³-hybridized carbons (Fsp3) is 0.167.